The summed E-state index contributed by atoms with van der Waals surface area (Å²) in [5.41, 5.74) is 1.21. The molecule has 0 aliphatic rings. The minimum atomic E-state index is -0.338. The van der Waals surface area contributed by atoms with Crippen LogP contribution in [0.15, 0.2) is 28.7 Å². The molecule has 17 heavy (non-hydrogen) atoms. The summed E-state index contributed by atoms with van der Waals surface area (Å²) in [4.78, 5) is 1.98. The molecule has 0 saturated carbocycles. The fourth-order valence-electron chi connectivity index (χ4n) is 1.74. The van der Waals surface area contributed by atoms with Gasteiger partial charge in [0.1, 0.15) is 0 Å². The van der Waals surface area contributed by atoms with Gasteiger partial charge in [0, 0.05) is 23.6 Å². The average molecular weight is 301 g/mol. The van der Waals surface area contributed by atoms with E-state index >= 15 is 0 Å². The van der Waals surface area contributed by atoms with Crippen molar-refractivity contribution in [2.75, 3.05) is 27.2 Å². The number of likely N-dealkylation sites (N-methyl/N-ethyl adjacent to an activating group) is 1. The van der Waals surface area contributed by atoms with Gasteiger partial charge < -0.3 is 15.3 Å². The number of hydrogen-bond acceptors (Lipinski definition) is 3. The topological polar surface area (TPSA) is 35.5 Å². The molecule has 0 saturated heterocycles. The summed E-state index contributed by atoms with van der Waals surface area (Å²) in [6.07, 6.45) is -0.338. The van der Waals surface area contributed by atoms with E-state index in [0.29, 0.717) is 13.1 Å². The lowest BCUT2D eigenvalue weighted by Gasteiger charge is -2.20. The summed E-state index contributed by atoms with van der Waals surface area (Å²) in [7, 11) is 3.92. The minimum absolute atomic E-state index is 0.224. The number of hydrogen-bond donors (Lipinski definition) is 2. The zero-order valence-corrected chi connectivity index (χ0v) is 12.2. The van der Waals surface area contributed by atoms with Crippen molar-refractivity contribution < 1.29 is 5.11 Å². The number of aliphatic hydroxyl groups is 1. The summed E-state index contributed by atoms with van der Waals surface area (Å²) < 4.78 is 1.10. The van der Waals surface area contributed by atoms with Crippen LogP contribution < -0.4 is 5.32 Å². The first-order valence-corrected chi connectivity index (χ1v) is 6.60. The van der Waals surface area contributed by atoms with Crippen molar-refractivity contribution >= 4 is 15.9 Å². The summed E-state index contributed by atoms with van der Waals surface area (Å²) in [5.74, 6) is 0. The lowest BCUT2D eigenvalue weighted by molar-refractivity contribution is 0.132. The first-order valence-electron chi connectivity index (χ1n) is 5.81. The minimum Gasteiger partial charge on any atom is -0.390 e. The van der Waals surface area contributed by atoms with E-state index in [4.69, 9.17) is 0 Å². The second kappa shape index (κ2) is 7.11. The number of benzene rings is 1. The van der Waals surface area contributed by atoms with Crippen LogP contribution in [-0.2, 0) is 0 Å². The van der Waals surface area contributed by atoms with Gasteiger partial charge in [-0.15, -0.1) is 0 Å². The van der Waals surface area contributed by atoms with E-state index in [9.17, 15) is 5.11 Å². The molecule has 1 rings (SSSR count). The Labute approximate surface area is 112 Å². The second-order valence-corrected chi connectivity index (χ2v) is 5.42. The van der Waals surface area contributed by atoms with E-state index in [-0.39, 0.29) is 12.1 Å². The summed E-state index contributed by atoms with van der Waals surface area (Å²) in [5, 5.41) is 13.1. The number of aliphatic hydroxyl groups excluding tert-OH is 1. The Balaban J connectivity index is 2.45. The molecule has 1 aromatic carbocycles. The highest BCUT2D eigenvalue weighted by Crippen LogP contribution is 2.22. The average Bonchev–Trinajstić information content (AvgIpc) is 2.25. The van der Waals surface area contributed by atoms with Crippen molar-refractivity contribution in [2.24, 2.45) is 0 Å². The number of nitrogens with zero attached hydrogens (tertiary/aromatic N) is 1. The second-order valence-electron chi connectivity index (χ2n) is 4.57. The van der Waals surface area contributed by atoms with Crippen molar-refractivity contribution in [3.8, 4) is 0 Å². The van der Waals surface area contributed by atoms with Crippen LogP contribution in [0.4, 0.5) is 0 Å². The van der Waals surface area contributed by atoms with E-state index in [1.165, 1.54) is 5.56 Å². The molecule has 1 unspecified atom stereocenters. The van der Waals surface area contributed by atoms with Gasteiger partial charge in [-0.2, -0.15) is 0 Å². The highest BCUT2D eigenvalue weighted by Gasteiger charge is 2.11. The quantitative estimate of drug-likeness (QED) is 0.844. The van der Waals surface area contributed by atoms with Gasteiger partial charge in [-0.25, -0.2) is 0 Å². The van der Waals surface area contributed by atoms with Gasteiger partial charge in [0.25, 0.3) is 0 Å². The molecule has 0 aromatic heterocycles. The van der Waals surface area contributed by atoms with Crippen molar-refractivity contribution in [3.63, 3.8) is 0 Å². The molecule has 0 bridgehead atoms. The highest BCUT2D eigenvalue weighted by atomic mass is 79.9. The Morgan fingerprint density at radius 1 is 1.35 bits per heavy atom. The SMILES string of the molecule is C[C@@H](NCC(O)CN(C)C)c1ccccc1Br. The van der Waals surface area contributed by atoms with Gasteiger partial charge in [-0.1, -0.05) is 34.1 Å². The molecule has 0 fully saturated rings. The number of rotatable bonds is 6. The molecule has 2 N–H and O–H groups in total. The predicted octanol–water partition coefficient (Wildman–Crippen LogP) is 2.02. The maximum Gasteiger partial charge on any atom is 0.0791 e. The van der Waals surface area contributed by atoms with E-state index in [0.717, 1.165) is 4.47 Å². The Morgan fingerprint density at radius 3 is 2.59 bits per heavy atom. The van der Waals surface area contributed by atoms with Crippen molar-refractivity contribution in [1.82, 2.24) is 10.2 Å². The van der Waals surface area contributed by atoms with Crippen LogP contribution in [0, 0.1) is 0 Å². The van der Waals surface area contributed by atoms with Gasteiger partial charge in [-0.05, 0) is 32.6 Å². The fourth-order valence-corrected chi connectivity index (χ4v) is 2.36. The molecular formula is C13H21BrN2O. The molecule has 4 heteroatoms. The molecule has 1 aromatic rings. The Hall–Kier alpha value is -0.420. The first kappa shape index (κ1) is 14.6. The third-order valence-electron chi connectivity index (χ3n) is 2.61. The lowest BCUT2D eigenvalue weighted by Crippen LogP contribution is -2.36. The first-order chi connectivity index (χ1) is 8.00. The maximum absolute atomic E-state index is 9.77. The Morgan fingerprint density at radius 2 is 2.00 bits per heavy atom. The zero-order valence-electron chi connectivity index (χ0n) is 10.7. The fraction of sp³-hybridized carbons (Fsp3) is 0.538. The molecule has 3 nitrogen and oxygen atoms in total. The van der Waals surface area contributed by atoms with Crippen LogP contribution in [0.3, 0.4) is 0 Å². The summed E-state index contributed by atoms with van der Waals surface area (Å²) in [6.45, 7) is 3.37. The van der Waals surface area contributed by atoms with Crippen LogP contribution in [-0.4, -0.2) is 43.3 Å². The predicted molar refractivity (Wildman–Crippen MR) is 75.1 cm³/mol. The normalized spacial score (nSPS) is 14.9. The monoisotopic (exact) mass is 300 g/mol. The molecule has 0 spiro atoms. The van der Waals surface area contributed by atoms with Crippen molar-refractivity contribution in [1.29, 1.82) is 0 Å². The van der Waals surface area contributed by atoms with Crippen LogP contribution >= 0.6 is 15.9 Å². The van der Waals surface area contributed by atoms with E-state index in [1.807, 2.05) is 37.2 Å². The number of nitrogens with one attached hydrogen (secondary N) is 1. The van der Waals surface area contributed by atoms with Gasteiger partial charge in [0.05, 0.1) is 6.10 Å². The van der Waals surface area contributed by atoms with Gasteiger partial charge >= 0.3 is 0 Å². The Bertz CT molecular complexity index is 344. The molecule has 0 amide bonds. The molecule has 2 atom stereocenters. The third kappa shape index (κ3) is 5.17. The standard InChI is InChI=1S/C13H21BrN2O/c1-10(12-6-4-5-7-13(12)14)15-8-11(17)9-16(2)3/h4-7,10-11,15,17H,8-9H2,1-3H3/t10-,11?/m1/s1. The smallest absolute Gasteiger partial charge is 0.0791 e. The largest absolute Gasteiger partial charge is 0.390 e. The summed E-state index contributed by atoms with van der Waals surface area (Å²) in [6, 6.07) is 8.36. The van der Waals surface area contributed by atoms with Crippen LogP contribution in [0.2, 0.25) is 0 Å². The summed E-state index contributed by atoms with van der Waals surface area (Å²) >= 11 is 3.53. The molecular weight excluding hydrogens is 280 g/mol. The van der Waals surface area contributed by atoms with E-state index in [2.05, 4.69) is 34.2 Å². The van der Waals surface area contributed by atoms with E-state index < -0.39 is 0 Å². The van der Waals surface area contributed by atoms with Crippen LogP contribution in [0.25, 0.3) is 0 Å². The van der Waals surface area contributed by atoms with Gasteiger partial charge in [-0.3, -0.25) is 0 Å². The van der Waals surface area contributed by atoms with Crippen LogP contribution in [0.1, 0.15) is 18.5 Å². The molecule has 0 aliphatic heterocycles. The van der Waals surface area contributed by atoms with Crippen molar-refractivity contribution in [3.05, 3.63) is 34.3 Å². The highest BCUT2D eigenvalue weighted by molar-refractivity contribution is 9.10. The lowest BCUT2D eigenvalue weighted by atomic mass is 10.1. The van der Waals surface area contributed by atoms with Crippen LogP contribution in [0.5, 0.6) is 0 Å². The maximum atomic E-state index is 9.77. The van der Waals surface area contributed by atoms with Gasteiger partial charge in [0.2, 0.25) is 0 Å². The molecule has 0 aliphatic carbocycles. The molecule has 96 valence electrons. The van der Waals surface area contributed by atoms with Gasteiger partial charge in [0.15, 0.2) is 0 Å². The van der Waals surface area contributed by atoms with Crippen molar-refractivity contribution in [2.45, 2.75) is 19.1 Å². The third-order valence-corrected chi connectivity index (χ3v) is 3.33. The Kier molecular flexibility index (Phi) is 6.12. The van der Waals surface area contributed by atoms with E-state index in [1.54, 1.807) is 0 Å². The molecule has 0 radical (unpaired) electrons. The zero-order chi connectivity index (χ0) is 12.8. The number of halogens is 1. The molecule has 0 heterocycles.